The van der Waals surface area contributed by atoms with Crippen molar-refractivity contribution in [3.8, 4) is 0 Å². The Balaban J connectivity index is 1.26. The zero-order valence-electron chi connectivity index (χ0n) is 15.8. The molecule has 0 aliphatic carbocycles. The van der Waals surface area contributed by atoms with Crippen molar-refractivity contribution in [3.63, 3.8) is 0 Å². The second kappa shape index (κ2) is 8.86. The topological polar surface area (TPSA) is 82.3 Å². The highest BCUT2D eigenvalue weighted by Gasteiger charge is 2.10. The number of carbonyl (C=O) groups is 1. The predicted molar refractivity (Wildman–Crippen MR) is 111 cm³/mol. The van der Waals surface area contributed by atoms with Crippen LogP contribution in [0.1, 0.15) is 5.56 Å². The van der Waals surface area contributed by atoms with Crippen LogP contribution in [-0.4, -0.2) is 60.2 Å². The lowest BCUT2D eigenvalue weighted by molar-refractivity contribution is -0.115. The molecule has 0 saturated carbocycles. The maximum absolute atomic E-state index is 12.4. The molecule has 7 nitrogen and oxygen atoms in total. The molecule has 2 aromatic heterocycles. The Morgan fingerprint density at radius 2 is 2.04 bits per heavy atom. The third-order valence-corrected chi connectivity index (χ3v) is 4.92. The van der Waals surface area contributed by atoms with Crippen molar-refractivity contribution < 1.29 is 9.53 Å². The zero-order valence-corrected chi connectivity index (χ0v) is 15.8. The molecule has 0 spiro atoms. The summed E-state index contributed by atoms with van der Waals surface area (Å²) in [6, 6.07) is 11.7. The maximum Gasteiger partial charge on any atom is 0.230 e. The van der Waals surface area contributed by atoms with Gasteiger partial charge in [-0.15, -0.1) is 0 Å². The van der Waals surface area contributed by atoms with Gasteiger partial charge in [-0.1, -0.05) is 18.2 Å². The number of aromatic nitrogens is 2. The van der Waals surface area contributed by atoms with Gasteiger partial charge in [-0.2, -0.15) is 0 Å². The van der Waals surface area contributed by atoms with Gasteiger partial charge in [0.15, 0.2) is 0 Å². The van der Waals surface area contributed by atoms with E-state index in [1.807, 2.05) is 42.6 Å². The first-order valence-corrected chi connectivity index (χ1v) is 9.63. The first-order valence-electron chi connectivity index (χ1n) is 9.63. The van der Waals surface area contributed by atoms with E-state index in [1.54, 1.807) is 6.20 Å². The van der Waals surface area contributed by atoms with Crippen molar-refractivity contribution in [1.29, 1.82) is 0 Å². The molecule has 0 radical (unpaired) electrons. The summed E-state index contributed by atoms with van der Waals surface area (Å²) in [4.78, 5) is 22.3. The molecule has 0 unspecified atom stereocenters. The highest BCUT2D eigenvalue weighted by atomic mass is 16.5. The number of nitrogens with one attached hydrogen (secondary N) is 3. The van der Waals surface area contributed by atoms with E-state index in [2.05, 4.69) is 25.5 Å². The maximum atomic E-state index is 12.4. The van der Waals surface area contributed by atoms with Gasteiger partial charge < -0.3 is 20.4 Å². The van der Waals surface area contributed by atoms with Gasteiger partial charge in [-0.05, 0) is 23.8 Å². The van der Waals surface area contributed by atoms with E-state index in [-0.39, 0.29) is 5.91 Å². The molecule has 7 heteroatoms. The smallest absolute Gasteiger partial charge is 0.230 e. The number of nitrogens with zero attached hydrogens (tertiary/aromatic N) is 2. The van der Waals surface area contributed by atoms with Gasteiger partial charge in [0.2, 0.25) is 5.91 Å². The van der Waals surface area contributed by atoms with E-state index in [0.29, 0.717) is 12.2 Å². The van der Waals surface area contributed by atoms with Crippen LogP contribution in [-0.2, 0) is 16.0 Å². The number of pyridine rings is 1. The summed E-state index contributed by atoms with van der Waals surface area (Å²) in [5.74, 6) is 0.480. The molecule has 1 aliphatic rings. The molecule has 3 N–H and O–H groups in total. The molecule has 1 aliphatic heterocycles. The number of ether oxygens (including phenoxy) is 1. The van der Waals surface area contributed by atoms with Crippen LogP contribution in [0.2, 0.25) is 0 Å². The summed E-state index contributed by atoms with van der Waals surface area (Å²) in [6.07, 6.45) is 3.95. The van der Waals surface area contributed by atoms with Crippen molar-refractivity contribution >= 4 is 28.3 Å². The number of hydrogen-bond acceptors (Lipinski definition) is 5. The molecule has 1 saturated heterocycles. The van der Waals surface area contributed by atoms with Gasteiger partial charge in [-0.25, -0.2) is 4.98 Å². The fourth-order valence-electron chi connectivity index (χ4n) is 3.39. The summed E-state index contributed by atoms with van der Waals surface area (Å²) in [6.45, 7) is 5.44. The van der Waals surface area contributed by atoms with Crippen LogP contribution < -0.4 is 10.6 Å². The molecule has 0 bridgehead atoms. The van der Waals surface area contributed by atoms with Crippen LogP contribution in [0.4, 0.5) is 11.5 Å². The Labute approximate surface area is 164 Å². The van der Waals surface area contributed by atoms with Gasteiger partial charge in [0.05, 0.1) is 31.5 Å². The normalized spacial score (nSPS) is 14.9. The number of H-pyrrole nitrogens is 1. The van der Waals surface area contributed by atoms with Crippen molar-refractivity contribution in [1.82, 2.24) is 14.9 Å². The quantitative estimate of drug-likeness (QED) is 0.588. The third kappa shape index (κ3) is 4.68. The minimum Gasteiger partial charge on any atom is -0.383 e. The number of amides is 1. The number of anilines is 2. The predicted octanol–water partition coefficient (Wildman–Crippen LogP) is 2.49. The van der Waals surface area contributed by atoms with E-state index in [0.717, 1.165) is 61.5 Å². The highest BCUT2D eigenvalue weighted by molar-refractivity contribution is 5.95. The summed E-state index contributed by atoms with van der Waals surface area (Å²) in [5, 5.41) is 7.31. The first-order chi connectivity index (χ1) is 13.8. The number of carbonyl (C=O) groups excluding carboxylic acids is 1. The Hall–Kier alpha value is -2.90. The second-order valence-corrected chi connectivity index (χ2v) is 6.90. The third-order valence-electron chi connectivity index (χ3n) is 4.92. The van der Waals surface area contributed by atoms with E-state index in [1.165, 1.54) is 0 Å². The highest BCUT2D eigenvalue weighted by Crippen LogP contribution is 2.18. The molecule has 3 heterocycles. The van der Waals surface area contributed by atoms with Gasteiger partial charge >= 0.3 is 0 Å². The van der Waals surface area contributed by atoms with Crippen molar-refractivity contribution in [2.75, 3.05) is 50.0 Å². The van der Waals surface area contributed by atoms with Crippen LogP contribution >= 0.6 is 0 Å². The summed E-state index contributed by atoms with van der Waals surface area (Å²) in [5.41, 5.74) is 2.97. The summed E-state index contributed by atoms with van der Waals surface area (Å²) >= 11 is 0. The van der Waals surface area contributed by atoms with Gasteiger partial charge in [0, 0.05) is 43.3 Å². The van der Waals surface area contributed by atoms with E-state index in [9.17, 15) is 4.79 Å². The van der Waals surface area contributed by atoms with Crippen LogP contribution in [0.5, 0.6) is 0 Å². The van der Waals surface area contributed by atoms with Crippen molar-refractivity contribution in [2.24, 2.45) is 0 Å². The first kappa shape index (κ1) is 18.5. The number of fused-ring (bicyclic) bond motifs is 1. The Morgan fingerprint density at radius 1 is 1.18 bits per heavy atom. The molecule has 146 valence electrons. The lowest BCUT2D eigenvalue weighted by atomic mass is 10.1. The fraction of sp³-hybridized carbons (Fsp3) is 0.333. The fourth-order valence-corrected chi connectivity index (χ4v) is 3.39. The lowest BCUT2D eigenvalue weighted by Crippen LogP contribution is -2.39. The zero-order chi connectivity index (χ0) is 19.2. The SMILES string of the molecule is O=C(Cc1c[nH]c2ccccc12)Nc1ccc(NCCN2CCOCC2)cn1. The lowest BCUT2D eigenvalue weighted by Gasteiger charge is -2.26. The van der Waals surface area contributed by atoms with Crippen molar-refractivity contribution in [2.45, 2.75) is 6.42 Å². The van der Waals surface area contributed by atoms with Crippen LogP contribution in [0, 0.1) is 0 Å². The van der Waals surface area contributed by atoms with E-state index >= 15 is 0 Å². The van der Waals surface area contributed by atoms with Crippen molar-refractivity contribution in [3.05, 3.63) is 54.4 Å². The number of benzene rings is 1. The number of rotatable bonds is 7. The van der Waals surface area contributed by atoms with E-state index in [4.69, 9.17) is 4.74 Å². The molecule has 3 aromatic rings. The number of aromatic amines is 1. The number of para-hydroxylation sites is 1. The van der Waals surface area contributed by atoms with E-state index < -0.39 is 0 Å². The largest absolute Gasteiger partial charge is 0.383 e. The van der Waals surface area contributed by atoms with Gasteiger partial charge in [-0.3, -0.25) is 9.69 Å². The standard InChI is InChI=1S/C21H25N5O2/c27-21(13-16-14-23-19-4-2-1-3-18(16)19)25-20-6-5-17(15-24-20)22-7-8-26-9-11-28-12-10-26/h1-6,14-15,22-23H,7-13H2,(H,24,25,27). The summed E-state index contributed by atoms with van der Waals surface area (Å²) in [7, 11) is 0. The molecule has 1 aromatic carbocycles. The number of hydrogen-bond donors (Lipinski definition) is 3. The molecule has 0 atom stereocenters. The van der Waals surface area contributed by atoms with Crippen LogP contribution in [0.3, 0.4) is 0 Å². The number of morpholine rings is 1. The molecular formula is C21H25N5O2. The van der Waals surface area contributed by atoms with Gasteiger partial charge in [0.25, 0.3) is 0 Å². The Morgan fingerprint density at radius 3 is 2.86 bits per heavy atom. The second-order valence-electron chi connectivity index (χ2n) is 6.90. The molecule has 4 rings (SSSR count). The van der Waals surface area contributed by atoms with Gasteiger partial charge in [0.1, 0.15) is 5.82 Å². The molecule has 1 fully saturated rings. The molecular weight excluding hydrogens is 354 g/mol. The Kier molecular flexibility index (Phi) is 5.84. The Bertz CT molecular complexity index is 916. The summed E-state index contributed by atoms with van der Waals surface area (Å²) < 4.78 is 5.35. The molecule has 1 amide bonds. The minimum atomic E-state index is -0.0784. The molecule has 28 heavy (non-hydrogen) atoms. The van der Waals surface area contributed by atoms with Crippen LogP contribution in [0.25, 0.3) is 10.9 Å². The van der Waals surface area contributed by atoms with Crippen LogP contribution in [0.15, 0.2) is 48.8 Å². The average molecular weight is 379 g/mol. The minimum absolute atomic E-state index is 0.0784. The average Bonchev–Trinajstić information content (AvgIpc) is 3.13. The monoisotopic (exact) mass is 379 g/mol.